The van der Waals surface area contributed by atoms with E-state index in [0.29, 0.717) is 0 Å². The van der Waals surface area contributed by atoms with Crippen LogP contribution in [0.4, 0.5) is 0 Å². The molecule has 0 aromatic carbocycles. The summed E-state index contributed by atoms with van der Waals surface area (Å²) in [5.74, 6) is 0. The second kappa shape index (κ2) is 5.58. The molecule has 5 heavy (non-hydrogen) atoms. The van der Waals surface area contributed by atoms with Gasteiger partial charge in [0.25, 0.3) is 0 Å². The van der Waals surface area contributed by atoms with Gasteiger partial charge in [-0.1, -0.05) is 0 Å². The van der Waals surface area contributed by atoms with Crippen LogP contribution in [0.3, 0.4) is 0 Å². The smallest absolute Gasteiger partial charge is 0.339 e. The van der Waals surface area contributed by atoms with E-state index in [1.165, 1.54) is 0 Å². The van der Waals surface area contributed by atoms with Crippen molar-refractivity contribution in [1.29, 1.82) is 0 Å². The van der Waals surface area contributed by atoms with E-state index in [2.05, 4.69) is 0 Å². The van der Waals surface area contributed by atoms with E-state index < -0.39 is 7.32 Å². The van der Waals surface area contributed by atoms with Crippen LogP contribution < -0.4 is 5.02 Å². The molecule has 0 amide bonds. The predicted octanol–water partition coefficient (Wildman–Crippen LogP) is -3.22. The third-order valence-corrected chi connectivity index (χ3v) is 0. The van der Waals surface area contributed by atoms with Gasteiger partial charge in [0.1, 0.15) is 0 Å². The van der Waals surface area contributed by atoms with Gasteiger partial charge in [0.15, 0.2) is 0 Å². The number of hydrogen-bond acceptors (Lipinski definition) is 3. The average Bonchev–Trinajstić information content (AvgIpc) is 0.811. The summed E-state index contributed by atoms with van der Waals surface area (Å²) in [5, 5.41) is 22.8. The first-order valence-electron chi connectivity index (χ1n) is 0.752. The van der Waals surface area contributed by atoms with E-state index in [0.717, 1.165) is 0 Å². The molecule has 3 nitrogen and oxygen atoms in total. The molecule has 0 aliphatic rings. The molecule has 0 aromatic heterocycles. The van der Waals surface area contributed by atoms with Gasteiger partial charge in [0, 0.05) is 0 Å². The summed E-state index contributed by atoms with van der Waals surface area (Å²) in [4.78, 5) is 0. The Bertz CT molecular complexity index is 15.5. The number of rotatable bonds is 0. The first kappa shape index (κ1) is 9.77. The Balaban J connectivity index is -0.0000000450. The van der Waals surface area contributed by atoms with Crippen LogP contribution in [0.25, 0.3) is 0 Å². The van der Waals surface area contributed by atoms with Gasteiger partial charge in [-0.05, 0) is 0 Å². The summed E-state index contributed by atoms with van der Waals surface area (Å²) < 4.78 is 0. The van der Waals surface area contributed by atoms with Crippen LogP contribution in [0.1, 0.15) is 1.43 Å². The zero-order valence-corrected chi connectivity index (χ0v) is 1.88. The molecule has 0 rings (SSSR count). The molecule has 0 saturated heterocycles. The van der Waals surface area contributed by atoms with Gasteiger partial charge in [-0.2, -0.15) is 0 Å². The maximum atomic E-state index is 8.64. The summed E-state index contributed by atoms with van der Waals surface area (Å²) in [6.07, 6.45) is 0. The van der Waals surface area contributed by atoms with Gasteiger partial charge < -0.3 is 15.1 Å². The standard InChI is InChI=1S/BH2O3.K.H/c2-1(3)4;;/h2-3H;;/q-1;;/p+1. The molecule has 0 bridgehead atoms. The van der Waals surface area contributed by atoms with Crippen molar-refractivity contribution < 1.29 is 16.5 Å². The van der Waals surface area contributed by atoms with Crippen LogP contribution in [0, 0.1) is 0 Å². The zero-order chi connectivity index (χ0) is 3.58. The van der Waals surface area contributed by atoms with Crippen molar-refractivity contribution in [2.24, 2.45) is 0 Å². The topological polar surface area (TPSA) is 63.5 Å². The van der Waals surface area contributed by atoms with Gasteiger partial charge in [-0.25, -0.2) is 0 Å². The molecular formula is H4BKO3. The van der Waals surface area contributed by atoms with E-state index in [1.54, 1.807) is 0 Å². The molecule has 0 radical (unpaired) electrons. The molecule has 26 valence electrons. The van der Waals surface area contributed by atoms with E-state index in [9.17, 15) is 0 Å². The van der Waals surface area contributed by atoms with E-state index in [1.807, 2.05) is 0 Å². The van der Waals surface area contributed by atoms with Crippen molar-refractivity contribution in [2.75, 3.05) is 0 Å². The third kappa shape index (κ3) is 28.6. The normalized spacial score (nSPS) is 5.40. The van der Waals surface area contributed by atoms with Gasteiger partial charge in [-0.3, -0.25) is 0 Å². The summed E-state index contributed by atoms with van der Waals surface area (Å²) in [6, 6.07) is 0. The van der Waals surface area contributed by atoms with Crippen LogP contribution in [0.5, 0.6) is 0 Å². The predicted molar refractivity (Wildman–Crippen MR) is 18.5 cm³/mol. The minimum atomic E-state index is -2.42. The van der Waals surface area contributed by atoms with Crippen LogP contribution in [-0.4, -0.2) is 68.8 Å². The Morgan fingerprint density at radius 1 is 1.60 bits per heavy atom. The quantitative estimate of drug-likeness (QED) is 0.316. The summed E-state index contributed by atoms with van der Waals surface area (Å²) in [7, 11) is -2.42. The third-order valence-electron chi connectivity index (χ3n) is 0. The number of hydrogen-bond donors (Lipinski definition) is 2. The summed E-state index contributed by atoms with van der Waals surface area (Å²) in [5.41, 5.74) is 0. The largest absolute Gasteiger partial charge is 0.832 e. The van der Waals surface area contributed by atoms with Gasteiger partial charge in [0.05, 0.1) is 0 Å². The molecule has 0 spiro atoms. The fourth-order valence-electron chi connectivity index (χ4n) is 0. The van der Waals surface area contributed by atoms with Crippen molar-refractivity contribution in [2.45, 2.75) is 0 Å². The first-order valence-corrected chi connectivity index (χ1v) is 0.752. The van der Waals surface area contributed by atoms with Crippen molar-refractivity contribution >= 4 is 58.7 Å². The second-order valence-electron chi connectivity index (χ2n) is 0.326. The maximum Gasteiger partial charge on any atom is 0.339 e. The van der Waals surface area contributed by atoms with Crippen LogP contribution in [-0.2, 0) is 0 Å². The molecule has 2 N–H and O–H groups in total. The van der Waals surface area contributed by atoms with Crippen LogP contribution in [0.2, 0.25) is 0 Å². The Morgan fingerprint density at radius 3 is 1.60 bits per heavy atom. The van der Waals surface area contributed by atoms with E-state index in [-0.39, 0.29) is 52.8 Å². The van der Waals surface area contributed by atoms with Crippen molar-refractivity contribution in [3.63, 3.8) is 0 Å². The molecule has 0 aliphatic heterocycles. The van der Waals surface area contributed by atoms with E-state index in [4.69, 9.17) is 15.1 Å². The monoisotopic (exact) mass is 102 g/mol. The fraction of sp³-hybridized carbons (Fsp3) is 0. The first-order chi connectivity index (χ1) is 1.73. The van der Waals surface area contributed by atoms with Crippen molar-refractivity contribution in [1.82, 2.24) is 0 Å². The molecule has 5 heteroatoms. The maximum absolute atomic E-state index is 8.64. The summed E-state index contributed by atoms with van der Waals surface area (Å²) in [6.45, 7) is 0. The molecule has 0 heterocycles. The van der Waals surface area contributed by atoms with E-state index >= 15 is 0 Å². The Hall–Kier alpha value is 1.58. The molecule has 0 aliphatic carbocycles. The SMILES string of the molecule is [H+].[KH].[O-]B(O)O. The molecule has 0 atom stereocenters. The van der Waals surface area contributed by atoms with Crippen molar-refractivity contribution in [3.05, 3.63) is 0 Å². The van der Waals surface area contributed by atoms with Crippen LogP contribution >= 0.6 is 0 Å². The van der Waals surface area contributed by atoms with Crippen LogP contribution in [0.15, 0.2) is 0 Å². The molecule has 0 aromatic rings. The zero-order valence-electron chi connectivity index (χ0n) is 2.88. The Morgan fingerprint density at radius 2 is 1.60 bits per heavy atom. The van der Waals surface area contributed by atoms with Crippen molar-refractivity contribution in [3.8, 4) is 0 Å². The van der Waals surface area contributed by atoms with Gasteiger partial charge in [-0.15, -0.1) is 0 Å². The molecule has 0 saturated carbocycles. The van der Waals surface area contributed by atoms with Gasteiger partial charge >= 0.3 is 60.1 Å². The fourth-order valence-corrected chi connectivity index (χ4v) is 0. The molecule has 0 fully saturated rings. The Kier molecular flexibility index (Phi) is 10.9. The minimum Gasteiger partial charge on any atom is -0.832 e. The second-order valence-corrected chi connectivity index (χ2v) is 0.326. The summed E-state index contributed by atoms with van der Waals surface area (Å²) >= 11 is 0. The minimum absolute atomic E-state index is 0. The Labute approximate surface area is 74.1 Å². The molecule has 0 unspecified atom stereocenters. The van der Waals surface area contributed by atoms with Gasteiger partial charge in [0.2, 0.25) is 0 Å². The average molecular weight is 102 g/mol. The molecular weight excluding hydrogens is 97.9 g/mol.